The first-order valence-corrected chi connectivity index (χ1v) is 4.39. The van der Waals surface area contributed by atoms with Crippen molar-refractivity contribution in [3.63, 3.8) is 0 Å². The Balaban J connectivity index is 2.17. The lowest BCUT2D eigenvalue weighted by molar-refractivity contribution is -0.131. The highest BCUT2D eigenvalue weighted by Crippen LogP contribution is 2.15. The molecule has 0 atom stereocenters. The SMILES string of the molecule is O=C(O)/C=C\CC1CCNCC1. The Morgan fingerprint density at radius 1 is 1.50 bits per heavy atom. The summed E-state index contributed by atoms with van der Waals surface area (Å²) in [4.78, 5) is 10.1. The van der Waals surface area contributed by atoms with Gasteiger partial charge in [0.05, 0.1) is 0 Å². The van der Waals surface area contributed by atoms with Gasteiger partial charge in [-0.05, 0) is 38.3 Å². The van der Waals surface area contributed by atoms with Crippen LogP contribution < -0.4 is 5.32 Å². The monoisotopic (exact) mass is 169 g/mol. The topological polar surface area (TPSA) is 49.3 Å². The van der Waals surface area contributed by atoms with Gasteiger partial charge < -0.3 is 10.4 Å². The second-order valence-corrected chi connectivity index (χ2v) is 3.17. The summed E-state index contributed by atoms with van der Waals surface area (Å²) in [5, 5.41) is 11.6. The molecule has 1 rings (SSSR count). The first kappa shape index (κ1) is 9.26. The molecule has 0 amide bonds. The number of hydrogen-bond donors (Lipinski definition) is 2. The lowest BCUT2D eigenvalue weighted by atomic mass is 9.95. The molecule has 12 heavy (non-hydrogen) atoms. The summed E-state index contributed by atoms with van der Waals surface area (Å²) in [6, 6.07) is 0. The quantitative estimate of drug-likeness (QED) is 0.620. The number of rotatable bonds is 3. The fraction of sp³-hybridized carbons (Fsp3) is 0.667. The van der Waals surface area contributed by atoms with Gasteiger partial charge in [-0.2, -0.15) is 0 Å². The average molecular weight is 169 g/mol. The second kappa shape index (κ2) is 4.93. The van der Waals surface area contributed by atoms with Crippen molar-refractivity contribution in [1.29, 1.82) is 0 Å². The third-order valence-electron chi connectivity index (χ3n) is 2.19. The number of nitrogens with one attached hydrogen (secondary N) is 1. The van der Waals surface area contributed by atoms with Crippen LogP contribution >= 0.6 is 0 Å². The molecule has 3 heteroatoms. The Hall–Kier alpha value is -0.830. The van der Waals surface area contributed by atoms with E-state index in [1.165, 1.54) is 18.9 Å². The fourth-order valence-electron chi connectivity index (χ4n) is 1.48. The van der Waals surface area contributed by atoms with E-state index in [2.05, 4.69) is 5.32 Å². The van der Waals surface area contributed by atoms with Crippen molar-refractivity contribution < 1.29 is 9.90 Å². The third kappa shape index (κ3) is 3.53. The Kier molecular flexibility index (Phi) is 3.80. The van der Waals surface area contributed by atoms with E-state index in [0.29, 0.717) is 5.92 Å². The van der Waals surface area contributed by atoms with Gasteiger partial charge >= 0.3 is 5.97 Å². The van der Waals surface area contributed by atoms with Crippen molar-refractivity contribution in [2.45, 2.75) is 19.3 Å². The van der Waals surface area contributed by atoms with Crippen LogP contribution in [0.4, 0.5) is 0 Å². The lowest BCUT2D eigenvalue weighted by Crippen LogP contribution is -2.27. The minimum absolute atomic E-state index is 0.682. The number of hydrogen-bond acceptors (Lipinski definition) is 2. The molecule has 0 radical (unpaired) electrons. The summed E-state index contributed by atoms with van der Waals surface area (Å²) in [6.07, 6.45) is 6.25. The van der Waals surface area contributed by atoms with Crippen LogP contribution in [0.5, 0.6) is 0 Å². The molecule has 0 unspecified atom stereocenters. The molecule has 1 saturated heterocycles. The fourth-order valence-corrected chi connectivity index (χ4v) is 1.48. The van der Waals surface area contributed by atoms with Crippen LogP contribution in [0.15, 0.2) is 12.2 Å². The van der Waals surface area contributed by atoms with Crippen molar-refractivity contribution in [2.24, 2.45) is 5.92 Å². The lowest BCUT2D eigenvalue weighted by Gasteiger charge is -2.20. The van der Waals surface area contributed by atoms with Crippen LogP contribution in [-0.4, -0.2) is 24.2 Å². The van der Waals surface area contributed by atoms with E-state index in [0.717, 1.165) is 19.5 Å². The molecule has 2 N–H and O–H groups in total. The Labute approximate surface area is 72.5 Å². The average Bonchev–Trinajstić information content (AvgIpc) is 2.05. The van der Waals surface area contributed by atoms with E-state index < -0.39 is 5.97 Å². The van der Waals surface area contributed by atoms with Gasteiger partial charge in [0.15, 0.2) is 0 Å². The van der Waals surface area contributed by atoms with Gasteiger partial charge in [-0.1, -0.05) is 6.08 Å². The molecular weight excluding hydrogens is 154 g/mol. The Morgan fingerprint density at radius 2 is 2.17 bits per heavy atom. The Bertz CT molecular complexity index is 171. The zero-order valence-electron chi connectivity index (χ0n) is 7.12. The zero-order chi connectivity index (χ0) is 8.81. The molecule has 0 bridgehead atoms. The smallest absolute Gasteiger partial charge is 0.327 e. The number of carboxylic acids is 1. The third-order valence-corrected chi connectivity index (χ3v) is 2.19. The summed E-state index contributed by atoms with van der Waals surface area (Å²) in [7, 11) is 0. The molecule has 68 valence electrons. The maximum atomic E-state index is 10.1. The van der Waals surface area contributed by atoms with Crippen molar-refractivity contribution in [3.05, 3.63) is 12.2 Å². The number of allylic oxidation sites excluding steroid dienone is 1. The van der Waals surface area contributed by atoms with Gasteiger partial charge in [0, 0.05) is 6.08 Å². The minimum atomic E-state index is -0.844. The van der Waals surface area contributed by atoms with Crippen molar-refractivity contribution in [1.82, 2.24) is 5.32 Å². The predicted molar refractivity (Wildman–Crippen MR) is 47.0 cm³/mol. The first-order valence-electron chi connectivity index (χ1n) is 4.39. The maximum Gasteiger partial charge on any atom is 0.327 e. The van der Waals surface area contributed by atoms with Crippen LogP contribution in [0.2, 0.25) is 0 Å². The second-order valence-electron chi connectivity index (χ2n) is 3.17. The molecular formula is C9H15NO2. The highest BCUT2D eigenvalue weighted by Gasteiger charge is 2.10. The largest absolute Gasteiger partial charge is 0.478 e. The van der Waals surface area contributed by atoms with Gasteiger partial charge in [-0.25, -0.2) is 4.79 Å². The molecule has 0 saturated carbocycles. The molecule has 0 spiro atoms. The summed E-state index contributed by atoms with van der Waals surface area (Å²) in [6.45, 7) is 2.15. The summed E-state index contributed by atoms with van der Waals surface area (Å²) >= 11 is 0. The van der Waals surface area contributed by atoms with E-state index >= 15 is 0 Å². The van der Waals surface area contributed by atoms with Crippen LogP contribution in [0.3, 0.4) is 0 Å². The predicted octanol–water partition coefficient (Wildman–Crippen LogP) is 1.02. The normalized spacial score (nSPS) is 20.0. The van der Waals surface area contributed by atoms with Crippen LogP contribution in [0.25, 0.3) is 0 Å². The van der Waals surface area contributed by atoms with Gasteiger partial charge in [0.25, 0.3) is 0 Å². The van der Waals surface area contributed by atoms with Crippen molar-refractivity contribution >= 4 is 5.97 Å². The van der Waals surface area contributed by atoms with Crippen LogP contribution in [-0.2, 0) is 4.79 Å². The van der Waals surface area contributed by atoms with Crippen molar-refractivity contribution in [2.75, 3.05) is 13.1 Å². The summed E-state index contributed by atoms with van der Waals surface area (Å²) < 4.78 is 0. The summed E-state index contributed by atoms with van der Waals surface area (Å²) in [5.74, 6) is -0.161. The van der Waals surface area contributed by atoms with Gasteiger partial charge in [-0.3, -0.25) is 0 Å². The number of carbonyl (C=O) groups is 1. The molecule has 0 aromatic heterocycles. The van der Waals surface area contributed by atoms with E-state index in [-0.39, 0.29) is 0 Å². The van der Waals surface area contributed by atoms with Crippen LogP contribution in [0.1, 0.15) is 19.3 Å². The minimum Gasteiger partial charge on any atom is -0.478 e. The highest BCUT2D eigenvalue weighted by atomic mass is 16.4. The number of piperidine rings is 1. The molecule has 0 aromatic carbocycles. The zero-order valence-corrected chi connectivity index (χ0v) is 7.12. The number of aliphatic carboxylic acids is 1. The molecule has 1 heterocycles. The Morgan fingerprint density at radius 3 is 2.75 bits per heavy atom. The molecule has 1 aliphatic heterocycles. The molecule has 0 aromatic rings. The van der Waals surface area contributed by atoms with E-state index in [1.54, 1.807) is 6.08 Å². The van der Waals surface area contributed by atoms with Crippen molar-refractivity contribution in [3.8, 4) is 0 Å². The van der Waals surface area contributed by atoms with Gasteiger partial charge in [-0.15, -0.1) is 0 Å². The van der Waals surface area contributed by atoms with E-state index in [4.69, 9.17) is 5.11 Å². The molecule has 1 aliphatic rings. The van der Waals surface area contributed by atoms with E-state index in [1.807, 2.05) is 0 Å². The van der Waals surface area contributed by atoms with Gasteiger partial charge in [0.1, 0.15) is 0 Å². The van der Waals surface area contributed by atoms with Gasteiger partial charge in [0.2, 0.25) is 0 Å². The first-order chi connectivity index (χ1) is 5.79. The summed E-state index contributed by atoms with van der Waals surface area (Å²) in [5.41, 5.74) is 0. The molecule has 3 nitrogen and oxygen atoms in total. The van der Waals surface area contributed by atoms with E-state index in [9.17, 15) is 4.79 Å². The number of carboxylic acid groups (broad SMARTS) is 1. The highest BCUT2D eigenvalue weighted by molar-refractivity contribution is 5.79. The molecule has 1 fully saturated rings. The standard InChI is InChI=1S/C9H15NO2/c11-9(12)3-1-2-8-4-6-10-7-5-8/h1,3,8,10H,2,4-7H2,(H,11,12)/b3-1-. The molecule has 0 aliphatic carbocycles. The van der Waals surface area contributed by atoms with Crippen LogP contribution in [0, 0.1) is 5.92 Å². The maximum absolute atomic E-state index is 10.1.